The van der Waals surface area contributed by atoms with Gasteiger partial charge in [0.2, 0.25) is 0 Å². The second-order valence-corrected chi connectivity index (χ2v) is 5.30. The summed E-state index contributed by atoms with van der Waals surface area (Å²) in [4.78, 5) is 0. The first-order chi connectivity index (χ1) is 7.02. The summed E-state index contributed by atoms with van der Waals surface area (Å²) in [5, 5.41) is 1.37. The van der Waals surface area contributed by atoms with Gasteiger partial charge >= 0.3 is 0 Å². The largest absolute Gasteiger partial charge is 0.347 e. The van der Waals surface area contributed by atoms with Crippen molar-refractivity contribution < 1.29 is 0 Å². The van der Waals surface area contributed by atoms with Crippen LogP contribution in [0.1, 0.15) is 31.0 Å². The van der Waals surface area contributed by atoms with Crippen molar-refractivity contribution in [1.82, 2.24) is 4.57 Å². The van der Waals surface area contributed by atoms with Crippen LogP contribution in [0.25, 0.3) is 10.9 Å². The van der Waals surface area contributed by atoms with Crippen molar-refractivity contribution >= 4 is 26.8 Å². The lowest BCUT2D eigenvalue weighted by Crippen LogP contribution is -1.99. The van der Waals surface area contributed by atoms with E-state index in [0.29, 0.717) is 5.92 Å². The number of nitrogens with zero attached hydrogens (tertiary/aromatic N) is 1. The van der Waals surface area contributed by atoms with Crippen LogP contribution in [0.4, 0.5) is 0 Å². The Morgan fingerprint density at radius 1 is 1.27 bits per heavy atom. The summed E-state index contributed by atoms with van der Waals surface area (Å²) in [5.74, 6) is 0.571. The van der Waals surface area contributed by atoms with Crippen molar-refractivity contribution in [3.05, 3.63) is 33.9 Å². The average Bonchev–Trinajstić information content (AvgIpc) is 2.39. The van der Waals surface area contributed by atoms with Gasteiger partial charge in [-0.2, -0.15) is 0 Å². The van der Waals surface area contributed by atoms with E-state index in [1.807, 2.05) is 0 Å². The van der Waals surface area contributed by atoms with Gasteiger partial charge in [-0.1, -0.05) is 35.8 Å². The Morgan fingerprint density at radius 3 is 2.53 bits per heavy atom. The maximum Gasteiger partial charge on any atom is 0.0494 e. The Balaban J connectivity index is 2.85. The molecule has 0 spiro atoms. The Morgan fingerprint density at radius 2 is 1.93 bits per heavy atom. The van der Waals surface area contributed by atoms with Crippen molar-refractivity contribution in [2.75, 3.05) is 0 Å². The molecule has 0 saturated carbocycles. The van der Waals surface area contributed by atoms with Crippen LogP contribution >= 0.6 is 15.9 Å². The molecular formula is C13H16BrN. The fourth-order valence-electron chi connectivity index (χ4n) is 2.44. The molecule has 1 heterocycles. The van der Waals surface area contributed by atoms with E-state index in [9.17, 15) is 0 Å². The molecule has 0 atom stereocenters. The molecule has 2 aromatic rings. The van der Waals surface area contributed by atoms with Crippen LogP contribution in [0, 0.1) is 6.92 Å². The highest BCUT2D eigenvalue weighted by Crippen LogP contribution is 2.31. The number of hydrogen-bond donors (Lipinski definition) is 0. The van der Waals surface area contributed by atoms with Gasteiger partial charge in [0.05, 0.1) is 0 Å². The monoisotopic (exact) mass is 265 g/mol. The first kappa shape index (κ1) is 10.7. The summed E-state index contributed by atoms with van der Waals surface area (Å²) in [6.45, 7) is 6.71. The van der Waals surface area contributed by atoms with Crippen molar-refractivity contribution in [3.63, 3.8) is 0 Å². The van der Waals surface area contributed by atoms with E-state index in [2.05, 4.69) is 66.5 Å². The minimum Gasteiger partial charge on any atom is -0.347 e. The zero-order valence-electron chi connectivity index (χ0n) is 9.63. The molecule has 0 aliphatic heterocycles. The molecule has 0 saturated heterocycles. The highest BCUT2D eigenvalue weighted by Gasteiger charge is 2.13. The predicted molar refractivity (Wildman–Crippen MR) is 69.4 cm³/mol. The quantitative estimate of drug-likeness (QED) is 0.722. The van der Waals surface area contributed by atoms with Gasteiger partial charge in [-0.05, 0) is 30.5 Å². The number of rotatable bonds is 1. The third kappa shape index (κ3) is 1.61. The molecule has 80 valence electrons. The van der Waals surface area contributed by atoms with Crippen molar-refractivity contribution in [3.8, 4) is 0 Å². The first-order valence-corrected chi connectivity index (χ1v) is 6.06. The van der Waals surface area contributed by atoms with Crippen LogP contribution in [0.2, 0.25) is 0 Å². The van der Waals surface area contributed by atoms with Crippen molar-refractivity contribution in [1.29, 1.82) is 0 Å². The Kier molecular flexibility index (Phi) is 2.63. The predicted octanol–water partition coefficient (Wildman–Crippen LogP) is 4.37. The normalized spacial score (nSPS) is 11.6. The number of aryl methyl sites for hydroxylation is 2. The highest BCUT2D eigenvalue weighted by molar-refractivity contribution is 9.10. The Labute approximate surface area is 99.2 Å². The van der Waals surface area contributed by atoms with Crippen molar-refractivity contribution in [2.45, 2.75) is 26.7 Å². The summed E-state index contributed by atoms with van der Waals surface area (Å²) in [6, 6.07) is 6.49. The molecular weight excluding hydrogens is 250 g/mol. The smallest absolute Gasteiger partial charge is 0.0494 e. The van der Waals surface area contributed by atoms with Gasteiger partial charge < -0.3 is 4.57 Å². The van der Waals surface area contributed by atoms with E-state index in [4.69, 9.17) is 0 Å². The maximum atomic E-state index is 3.52. The minimum atomic E-state index is 0.571. The first-order valence-electron chi connectivity index (χ1n) is 5.26. The zero-order chi connectivity index (χ0) is 11.2. The van der Waals surface area contributed by atoms with Crippen LogP contribution < -0.4 is 0 Å². The Bertz CT molecular complexity index is 509. The van der Waals surface area contributed by atoms with Crippen LogP contribution in [0.3, 0.4) is 0 Å². The molecule has 2 rings (SSSR count). The molecule has 2 heteroatoms. The molecule has 1 nitrogen and oxygen atoms in total. The summed E-state index contributed by atoms with van der Waals surface area (Å²) in [7, 11) is 2.15. The summed E-state index contributed by atoms with van der Waals surface area (Å²) in [6.07, 6.45) is 0. The highest BCUT2D eigenvalue weighted by atomic mass is 79.9. The second kappa shape index (κ2) is 3.67. The molecule has 0 aliphatic rings. The molecule has 0 aliphatic carbocycles. The molecule has 0 N–H and O–H groups in total. The van der Waals surface area contributed by atoms with Gasteiger partial charge in [0, 0.05) is 28.1 Å². The van der Waals surface area contributed by atoms with Gasteiger partial charge in [-0.15, -0.1) is 0 Å². The second-order valence-electron chi connectivity index (χ2n) is 4.39. The number of benzene rings is 1. The third-order valence-corrected chi connectivity index (χ3v) is 3.51. The molecule has 0 bridgehead atoms. The van der Waals surface area contributed by atoms with Crippen LogP contribution in [-0.2, 0) is 7.05 Å². The van der Waals surface area contributed by atoms with Crippen molar-refractivity contribution in [2.24, 2.45) is 7.05 Å². The van der Waals surface area contributed by atoms with Gasteiger partial charge in [0.1, 0.15) is 0 Å². The van der Waals surface area contributed by atoms with Gasteiger partial charge in [0.25, 0.3) is 0 Å². The average molecular weight is 266 g/mol. The lowest BCUT2D eigenvalue weighted by Gasteiger charge is -2.08. The van der Waals surface area contributed by atoms with Crippen LogP contribution in [-0.4, -0.2) is 4.57 Å². The third-order valence-electron chi connectivity index (χ3n) is 3.02. The number of hydrogen-bond acceptors (Lipinski definition) is 0. The van der Waals surface area contributed by atoms with E-state index in [-0.39, 0.29) is 0 Å². The van der Waals surface area contributed by atoms with E-state index in [0.717, 1.165) is 4.47 Å². The minimum absolute atomic E-state index is 0.571. The SMILES string of the molecule is Cc1c(C(C)C)n(C)c2cc(Br)ccc12. The zero-order valence-corrected chi connectivity index (χ0v) is 11.2. The summed E-state index contributed by atoms with van der Waals surface area (Å²) >= 11 is 3.52. The van der Waals surface area contributed by atoms with Gasteiger partial charge in [0.15, 0.2) is 0 Å². The number of halogens is 1. The van der Waals surface area contributed by atoms with Gasteiger partial charge in [-0.3, -0.25) is 0 Å². The van der Waals surface area contributed by atoms with E-state index >= 15 is 0 Å². The lowest BCUT2D eigenvalue weighted by atomic mass is 10.1. The number of fused-ring (bicyclic) bond motifs is 1. The maximum absolute atomic E-state index is 3.52. The fourth-order valence-corrected chi connectivity index (χ4v) is 2.79. The molecule has 0 amide bonds. The standard InChI is InChI=1S/C13H16BrN/c1-8(2)13-9(3)11-6-5-10(14)7-12(11)15(13)4/h5-8H,1-4H3. The van der Waals surface area contributed by atoms with E-state index in [1.54, 1.807) is 0 Å². The fraction of sp³-hybridized carbons (Fsp3) is 0.385. The van der Waals surface area contributed by atoms with E-state index in [1.165, 1.54) is 22.2 Å². The Hall–Kier alpha value is -0.760. The number of aromatic nitrogens is 1. The molecule has 15 heavy (non-hydrogen) atoms. The molecule has 0 unspecified atom stereocenters. The summed E-state index contributed by atoms with van der Waals surface area (Å²) < 4.78 is 3.45. The van der Waals surface area contributed by atoms with Crippen LogP contribution in [0.15, 0.2) is 22.7 Å². The van der Waals surface area contributed by atoms with Crippen LogP contribution in [0.5, 0.6) is 0 Å². The van der Waals surface area contributed by atoms with Gasteiger partial charge in [-0.25, -0.2) is 0 Å². The molecule has 1 aromatic heterocycles. The topological polar surface area (TPSA) is 4.93 Å². The van der Waals surface area contributed by atoms with E-state index < -0.39 is 0 Å². The lowest BCUT2D eigenvalue weighted by molar-refractivity contribution is 0.748. The molecule has 1 aromatic carbocycles. The molecule has 0 radical (unpaired) electrons. The molecule has 0 fully saturated rings. The summed E-state index contributed by atoms with van der Waals surface area (Å²) in [5.41, 5.74) is 4.16.